The van der Waals surface area contributed by atoms with Crippen LogP contribution in [0.2, 0.25) is 0 Å². The molecule has 0 spiro atoms. The summed E-state index contributed by atoms with van der Waals surface area (Å²) in [6.07, 6.45) is 0.467. The van der Waals surface area contributed by atoms with E-state index in [1.807, 2.05) is 0 Å². The maximum Gasteiger partial charge on any atom is 0.407 e. The van der Waals surface area contributed by atoms with Gasteiger partial charge in [-0.05, 0) is 35.8 Å². The Labute approximate surface area is 191 Å². The number of carbonyl (C=O) groups is 2. The van der Waals surface area contributed by atoms with E-state index in [9.17, 15) is 18.0 Å². The molecule has 182 valence electrons. The predicted octanol–water partition coefficient (Wildman–Crippen LogP) is 3.05. The quantitative estimate of drug-likeness (QED) is 0.256. The highest BCUT2D eigenvalue weighted by atomic mass is 32.2. The fraction of sp³-hybridized carbons (Fsp3) is 0.636. The fourth-order valence-corrected chi connectivity index (χ4v) is 4.17. The molecule has 10 heteroatoms. The minimum Gasteiger partial charge on any atom is -0.445 e. The van der Waals surface area contributed by atoms with Crippen LogP contribution in [-0.2, 0) is 25.6 Å². The molecule has 0 saturated carbocycles. The summed E-state index contributed by atoms with van der Waals surface area (Å²) in [5, 5.41) is 5.42. The van der Waals surface area contributed by atoms with Crippen LogP contribution in [0.1, 0.15) is 63.4 Å². The summed E-state index contributed by atoms with van der Waals surface area (Å²) in [5.41, 5.74) is 7.47. The van der Waals surface area contributed by atoms with Crippen LogP contribution in [0, 0.1) is 10.8 Å². The first kappa shape index (κ1) is 27.7. The summed E-state index contributed by atoms with van der Waals surface area (Å²) < 4.78 is 31.8. The molecule has 0 unspecified atom stereocenters. The molecule has 0 saturated heterocycles. The molecule has 0 aliphatic rings. The van der Waals surface area contributed by atoms with E-state index in [0.717, 1.165) is 13.5 Å². The maximum atomic E-state index is 12.5. The Hall–Kier alpha value is -2.33. The number of benzene rings is 1. The highest BCUT2D eigenvalue weighted by Gasteiger charge is 2.26. The Morgan fingerprint density at radius 2 is 1.75 bits per heavy atom. The average Bonchev–Trinajstić information content (AvgIpc) is 2.66. The molecule has 1 rings (SSSR count). The van der Waals surface area contributed by atoms with Gasteiger partial charge in [0.05, 0.1) is 12.9 Å². The van der Waals surface area contributed by atoms with Crippen molar-refractivity contribution in [2.75, 3.05) is 31.7 Å². The van der Waals surface area contributed by atoms with E-state index in [0.29, 0.717) is 23.4 Å². The molecular weight excluding hydrogens is 434 g/mol. The lowest BCUT2D eigenvalue weighted by Gasteiger charge is -2.32. The number of amides is 2. The maximum absolute atomic E-state index is 12.5. The van der Waals surface area contributed by atoms with Gasteiger partial charge in [0, 0.05) is 29.9 Å². The molecular formula is C22H37N3O6S. The van der Waals surface area contributed by atoms with Gasteiger partial charge in [-0.15, -0.1) is 0 Å². The number of carbonyl (C=O) groups excluding carboxylic acids is 2. The smallest absolute Gasteiger partial charge is 0.407 e. The molecule has 0 aliphatic carbocycles. The van der Waals surface area contributed by atoms with Crippen LogP contribution in [0.4, 0.5) is 10.5 Å². The van der Waals surface area contributed by atoms with Gasteiger partial charge in [0.2, 0.25) is 0 Å². The number of anilines is 1. The van der Waals surface area contributed by atoms with Gasteiger partial charge in [0.25, 0.3) is 16.0 Å². The average molecular weight is 472 g/mol. The van der Waals surface area contributed by atoms with Gasteiger partial charge in [-0.1, -0.05) is 40.7 Å². The Balaban J connectivity index is 2.52. The highest BCUT2D eigenvalue weighted by molar-refractivity contribution is 7.86. The molecule has 4 N–H and O–H groups in total. The first-order chi connectivity index (χ1) is 14.6. The van der Waals surface area contributed by atoms with Gasteiger partial charge >= 0.3 is 6.09 Å². The van der Waals surface area contributed by atoms with Crippen LogP contribution in [0.15, 0.2) is 18.2 Å². The fourth-order valence-electron chi connectivity index (χ4n) is 3.50. The molecule has 0 heterocycles. The molecule has 0 bridgehead atoms. The van der Waals surface area contributed by atoms with Crippen molar-refractivity contribution in [3.63, 3.8) is 0 Å². The summed E-state index contributed by atoms with van der Waals surface area (Å²) in [7, 11) is -2.46. The van der Waals surface area contributed by atoms with Crippen molar-refractivity contribution >= 4 is 27.8 Å². The van der Waals surface area contributed by atoms with E-state index in [1.165, 1.54) is 0 Å². The summed E-state index contributed by atoms with van der Waals surface area (Å²) >= 11 is 0. The normalized spacial score (nSPS) is 12.3. The van der Waals surface area contributed by atoms with Gasteiger partial charge in [-0.3, -0.25) is 8.98 Å². The molecule has 0 aromatic heterocycles. The molecule has 32 heavy (non-hydrogen) atoms. The molecule has 0 radical (unpaired) electrons. The van der Waals surface area contributed by atoms with Crippen LogP contribution in [-0.4, -0.2) is 46.4 Å². The molecule has 1 aromatic rings. The van der Waals surface area contributed by atoms with Crippen molar-refractivity contribution in [3.8, 4) is 0 Å². The van der Waals surface area contributed by atoms with Crippen LogP contribution in [0.5, 0.6) is 0 Å². The van der Waals surface area contributed by atoms with Crippen LogP contribution in [0.3, 0.4) is 0 Å². The van der Waals surface area contributed by atoms with E-state index in [1.54, 1.807) is 18.2 Å². The van der Waals surface area contributed by atoms with E-state index < -0.39 is 16.2 Å². The third-order valence-electron chi connectivity index (χ3n) is 4.60. The first-order valence-corrected chi connectivity index (χ1v) is 12.1. The number of hydrogen-bond donors (Lipinski definition) is 3. The SMILES string of the molecule is COS(=O)(=O)CCCNC(=O)OCc1ccc(C(=O)NCC(C)(C)CC(C)(C)C)cc1N. The van der Waals surface area contributed by atoms with Gasteiger partial charge in [-0.2, -0.15) is 8.42 Å². The van der Waals surface area contributed by atoms with Gasteiger partial charge in [-0.25, -0.2) is 4.79 Å². The number of ether oxygens (including phenoxy) is 1. The Bertz CT molecular complexity index is 891. The Kier molecular flexibility index (Phi) is 9.96. The first-order valence-electron chi connectivity index (χ1n) is 10.5. The molecule has 2 amide bonds. The Morgan fingerprint density at radius 3 is 2.31 bits per heavy atom. The summed E-state index contributed by atoms with van der Waals surface area (Å²) in [4.78, 5) is 24.3. The predicted molar refractivity (Wildman–Crippen MR) is 125 cm³/mol. The number of rotatable bonds is 11. The van der Waals surface area contributed by atoms with Gasteiger partial charge in [0.1, 0.15) is 6.61 Å². The van der Waals surface area contributed by atoms with Crippen molar-refractivity contribution in [1.82, 2.24) is 10.6 Å². The summed E-state index contributed by atoms with van der Waals surface area (Å²) in [6.45, 7) is 11.3. The second-order valence-corrected chi connectivity index (χ2v) is 11.6. The summed E-state index contributed by atoms with van der Waals surface area (Å²) in [5.74, 6) is -0.414. The zero-order valence-electron chi connectivity index (χ0n) is 19.9. The lowest BCUT2D eigenvalue weighted by Crippen LogP contribution is -2.36. The number of nitrogen functional groups attached to an aromatic ring is 1. The van der Waals surface area contributed by atoms with Crippen LogP contribution < -0.4 is 16.4 Å². The van der Waals surface area contributed by atoms with Gasteiger partial charge < -0.3 is 21.1 Å². The van der Waals surface area contributed by atoms with Gasteiger partial charge in [0.15, 0.2) is 0 Å². The zero-order valence-corrected chi connectivity index (χ0v) is 20.7. The van der Waals surface area contributed by atoms with Crippen molar-refractivity contribution in [1.29, 1.82) is 0 Å². The third kappa shape index (κ3) is 10.8. The highest BCUT2D eigenvalue weighted by Crippen LogP contribution is 2.32. The van der Waals surface area contributed by atoms with Crippen molar-refractivity contribution in [2.24, 2.45) is 10.8 Å². The minimum absolute atomic E-state index is 0.0473. The second kappa shape index (κ2) is 11.5. The van der Waals surface area contributed by atoms with Crippen molar-refractivity contribution in [3.05, 3.63) is 29.3 Å². The Morgan fingerprint density at radius 1 is 1.09 bits per heavy atom. The van der Waals surface area contributed by atoms with Crippen LogP contribution >= 0.6 is 0 Å². The topological polar surface area (TPSA) is 137 Å². The summed E-state index contributed by atoms with van der Waals surface area (Å²) in [6, 6.07) is 4.83. The molecule has 0 aliphatic heterocycles. The van der Waals surface area contributed by atoms with Crippen molar-refractivity contribution in [2.45, 2.75) is 54.1 Å². The van der Waals surface area contributed by atoms with Crippen molar-refractivity contribution < 1.29 is 26.9 Å². The van der Waals surface area contributed by atoms with E-state index in [4.69, 9.17) is 10.5 Å². The largest absolute Gasteiger partial charge is 0.445 e. The monoisotopic (exact) mass is 471 g/mol. The lowest BCUT2D eigenvalue weighted by molar-refractivity contribution is 0.0923. The van der Waals surface area contributed by atoms with Crippen LogP contribution in [0.25, 0.3) is 0 Å². The number of alkyl carbamates (subject to hydrolysis) is 1. The molecule has 9 nitrogen and oxygen atoms in total. The van der Waals surface area contributed by atoms with E-state index >= 15 is 0 Å². The number of hydrogen-bond acceptors (Lipinski definition) is 7. The molecule has 1 aromatic carbocycles. The number of nitrogens with two attached hydrogens (primary N) is 1. The zero-order chi connectivity index (χ0) is 24.6. The minimum atomic E-state index is -3.55. The molecule has 0 fully saturated rings. The third-order valence-corrected chi connectivity index (χ3v) is 5.89. The van der Waals surface area contributed by atoms with E-state index in [2.05, 4.69) is 49.4 Å². The number of nitrogens with one attached hydrogen (secondary N) is 2. The lowest BCUT2D eigenvalue weighted by atomic mass is 9.76. The standard InChI is InChI=1S/C22H37N3O6S/c1-21(2,3)14-22(4,5)15-25-19(26)16-8-9-17(18(23)12-16)13-31-20(27)24-10-7-11-32(28,29)30-6/h8-9,12H,7,10-11,13-15,23H2,1-6H3,(H,24,27)(H,25,26). The molecule has 0 atom stereocenters. The van der Waals surface area contributed by atoms with E-state index in [-0.39, 0.29) is 42.1 Å². The second-order valence-electron chi connectivity index (χ2n) is 9.78.